The molecule has 2 aromatic carbocycles. The van der Waals surface area contributed by atoms with Gasteiger partial charge in [-0.25, -0.2) is 8.42 Å². The van der Waals surface area contributed by atoms with Crippen LogP contribution in [0.15, 0.2) is 54.6 Å². The Balaban J connectivity index is 1.72. The van der Waals surface area contributed by atoms with E-state index in [4.69, 9.17) is 16.3 Å². The summed E-state index contributed by atoms with van der Waals surface area (Å²) < 4.78 is 31.5. The molecule has 9 nitrogen and oxygen atoms in total. The maximum absolute atomic E-state index is 13.5. The lowest BCUT2D eigenvalue weighted by atomic mass is 10.1. The summed E-state index contributed by atoms with van der Waals surface area (Å²) in [6.07, 6.45) is 1.08. The van der Waals surface area contributed by atoms with E-state index in [0.717, 1.165) is 34.8 Å². The summed E-state index contributed by atoms with van der Waals surface area (Å²) in [5.74, 6) is -0.767. The highest BCUT2D eigenvalue weighted by Crippen LogP contribution is 2.16. The van der Waals surface area contributed by atoms with E-state index < -0.39 is 22.0 Å². The Kier molecular flexibility index (Phi) is 10.9. The molecule has 0 bridgehead atoms. The van der Waals surface area contributed by atoms with Gasteiger partial charge in [-0.15, -0.1) is 0 Å². The van der Waals surface area contributed by atoms with Crippen molar-refractivity contribution in [3.05, 3.63) is 70.7 Å². The Hall–Kier alpha value is -2.50. The number of carbonyl (C=O) groups is 2. The van der Waals surface area contributed by atoms with Gasteiger partial charge in [0.05, 0.1) is 26.0 Å². The smallest absolute Gasteiger partial charge is 0.242 e. The fourth-order valence-corrected chi connectivity index (χ4v) is 4.85. The highest BCUT2D eigenvalue weighted by Gasteiger charge is 2.30. The van der Waals surface area contributed by atoms with Crippen LogP contribution in [0, 0.1) is 0 Å². The lowest BCUT2D eigenvalue weighted by Gasteiger charge is -2.31. The molecule has 1 saturated heterocycles. The highest BCUT2D eigenvalue weighted by atomic mass is 35.5. The monoisotopic (exact) mass is 550 g/mol. The Morgan fingerprint density at radius 3 is 2.27 bits per heavy atom. The third kappa shape index (κ3) is 9.39. The number of hydrogen-bond donors (Lipinski definition) is 1. The Labute approximate surface area is 224 Å². The van der Waals surface area contributed by atoms with Gasteiger partial charge in [0.2, 0.25) is 21.8 Å². The average molecular weight is 551 g/mol. The van der Waals surface area contributed by atoms with Crippen LogP contribution in [0.1, 0.15) is 18.1 Å². The molecule has 37 heavy (non-hydrogen) atoms. The summed E-state index contributed by atoms with van der Waals surface area (Å²) in [6.45, 7) is 5.57. The van der Waals surface area contributed by atoms with E-state index in [1.807, 2.05) is 18.2 Å². The van der Waals surface area contributed by atoms with Crippen LogP contribution >= 0.6 is 11.6 Å². The fraction of sp³-hybridized carbons (Fsp3) is 0.462. The quantitative estimate of drug-likeness (QED) is 0.434. The molecule has 11 heteroatoms. The molecular formula is C26H35ClN4O5S. The molecule has 1 atom stereocenters. The first-order chi connectivity index (χ1) is 17.6. The number of carbonyl (C=O) groups excluding carboxylic acids is 2. The van der Waals surface area contributed by atoms with Crippen molar-refractivity contribution in [3.63, 3.8) is 0 Å². The van der Waals surface area contributed by atoms with Crippen LogP contribution in [0.3, 0.4) is 0 Å². The predicted molar refractivity (Wildman–Crippen MR) is 143 cm³/mol. The largest absolute Gasteiger partial charge is 0.379 e. The highest BCUT2D eigenvalue weighted by molar-refractivity contribution is 7.88. The molecule has 1 fully saturated rings. The zero-order valence-corrected chi connectivity index (χ0v) is 22.9. The summed E-state index contributed by atoms with van der Waals surface area (Å²) in [4.78, 5) is 30.2. The van der Waals surface area contributed by atoms with Crippen LogP contribution in [-0.2, 0) is 37.4 Å². The average Bonchev–Trinajstić information content (AvgIpc) is 2.88. The van der Waals surface area contributed by atoms with E-state index in [2.05, 4.69) is 10.2 Å². The number of amides is 2. The second-order valence-corrected chi connectivity index (χ2v) is 11.5. The van der Waals surface area contributed by atoms with Gasteiger partial charge in [-0.1, -0.05) is 54.1 Å². The molecule has 202 valence electrons. The van der Waals surface area contributed by atoms with Gasteiger partial charge in [-0.2, -0.15) is 4.31 Å². The molecule has 0 saturated carbocycles. The molecule has 0 unspecified atom stereocenters. The number of halogens is 1. The Morgan fingerprint density at radius 2 is 1.65 bits per heavy atom. The molecule has 0 aliphatic carbocycles. The maximum Gasteiger partial charge on any atom is 0.242 e. The number of hydrogen-bond acceptors (Lipinski definition) is 6. The van der Waals surface area contributed by atoms with Crippen molar-refractivity contribution in [3.8, 4) is 0 Å². The number of sulfonamides is 1. The molecule has 1 heterocycles. The van der Waals surface area contributed by atoms with Crippen molar-refractivity contribution in [2.24, 2.45) is 0 Å². The number of ether oxygens (including phenoxy) is 1. The third-order valence-corrected chi connectivity index (χ3v) is 7.70. The molecule has 2 aromatic rings. The van der Waals surface area contributed by atoms with Crippen LogP contribution in [0.2, 0.25) is 5.02 Å². The topological polar surface area (TPSA) is 99.3 Å². The zero-order chi connectivity index (χ0) is 26.8. The summed E-state index contributed by atoms with van der Waals surface area (Å²) in [5, 5.41) is 3.47. The van der Waals surface area contributed by atoms with Crippen molar-refractivity contribution in [1.29, 1.82) is 0 Å². The second kappa shape index (κ2) is 13.9. The van der Waals surface area contributed by atoms with Gasteiger partial charge in [0.15, 0.2) is 0 Å². The minimum Gasteiger partial charge on any atom is -0.379 e. The number of benzene rings is 2. The summed E-state index contributed by atoms with van der Waals surface area (Å²) in [7, 11) is -3.69. The van der Waals surface area contributed by atoms with E-state index >= 15 is 0 Å². The lowest BCUT2D eigenvalue weighted by molar-refractivity contribution is -0.140. The van der Waals surface area contributed by atoms with Gasteiger partial charge in [-0.05, 0) is 30.2 Å². The molecular weight excluding hydrogens is 516 g/mol. The molecule has 2 amide bonds. The van der Waals surface area contributed by atoms with Crippen LogP contribution in [-0.4, -0.2) is 92.6 Å². The van der Waals surface area contributed by atoms with Crippen molar-refractivity contribution in [2.75, 3.05) is 52.2 Å². The maximum atomic E-state index is 13.5. The van der Waals surface area contributed by atoms with E-state index in [0.29, 0.717) is 31.3 Å². The minimum absolute atomic E-state index is 0.0559. The van der Waals surface area contributed by atoms with E-state index in [1.54, 1.807) is 43.3 Å². The van der Waals surface area contributed by atoms with Crippen LogP contribution in [0.5, 0.6) is 0 Å². The first kappa shape index (κ1) is 29.1. The molecule has 1 N–H and O–H groups in total. The summed E-state index contributed by atoms with van der Waals surface area (Å²) >= 11 is 6.01. The Bertz CT molecular complexity index is 1130. The fourth-order valence-electron chi connectivity index (χ4n) is 4.00. The molecule has 1 aliphatic heterocycles. The third-order valence-electron chi connectivity index (χ3n) is 6.25. The van der Waals surface area contributed by atoms with Gasteiger partial charge < -0.3 is 15.0 Å². The van der Waals surface area contributed by atoms with Crippen LogP contribution in [0.4, 0.5) is 0 Å². The van der Waals surface area contributed by atoms with Crippen molar-refractivity contribution in [2.45, 2.75) is 26.1 Å². The standard InChI is InChI=1S/C26H35ClN4O5S/c1-21(26(33)28-12-13-29-14-16-36-17-15-29)31(19-23-8-10-24(27)11-9-23)25(32)20-30(37(2,34)35)18-22-6-4-3-5-7-22/h3-11,21H,12-20H2,1-2H3,(H,28,33)/t21-/m1/s1. The summed E-state index contributed by atoms with van der Waals surface area (Å²) in [6, 6.07) is 15.3. The van der Waals surface area contributed by atoms with Gasteiger partial charge in [0.1, 0.15) is 6.04 Å². The van der Waals surface area contributed by atoms with Crippen molar-refractivity contribution in [1.82, 2.24) is 19.4 Å². The van der Waals surface area contributed by atoms with Gasteiger partial charge in [0, 0.05) is 44.3 Å². The number of morpholine rings is 1. The van der Waals surface area contributed by atoms with Crippen molar-refractivity contribution < 1.29 is 22.7 Å². The van der Waals surface area contributed by atoms with E-state index in [9.17, 15) is 18.0 Å². The van der Waals surface area contributed by atoms with Crippen LogP contribution < -0.4 is 5.32 Å². The molecule has 0 radical (unpaired) electrons. The van der Waals surface area contributed by atoms with E-state index in [1.165, 1.54) is 4.90 Å². The van der Waals surface area contributed by atoms with Crippen LogP contribution in [0.25, 0.3) is 0 Å². The first-order valence-electron chi connectivity index (χ1n) is 12.2. The van der Waals surface area contributed by atoms with Gasteiger partial charge in [-0.3, -0.25) is 14.5 Å². The lowest BCUT2D eigenvalue weighted by Crippen LogP contribution is -2.52. The van der Waals surface area contributed by atoms with Gasteiger partial charge >= 0.3 is 0 Å². The number of nitrogens with one attached hydrogen (secondary N) is 1. The molecule has 0 aromatic heterocycles. The molecule has 3 rings (SSSR count). The number of rotatable bonds is 12. The van der Waals surface area contributed by atoms with E-state index in [-0.39, 0.29) is 25.5 Å². The van der Waals surface area contributed by atoms with Crippen molar-refractivity contribution >= 4 is 33.4 Å². The van der Waals surface area contributed by atoms with Gasteiger partial charge in [0.25, 0.3) is 0 Å². The zero-order valence-electron chi connectivity index (χ0n) is 21.3. The molecule has 0 spiro atoms. The minimum atomic E-state index is -3.69. The predicted octanol–water partition coefficient (Wildman–Crippen LogP) is 1.97. The Morgan fingerprint density at radius 1 is 1.03 bits per heavy atom. The normalized spacial score (nSPS) is 15.4. The summed E-state index contributed by atoms with van der Waals surface area (Å²) in [5.41, 5.74) is 1.54. The number of nitrogens with zero attached hydrogens (tertiary/aromatic N) is 3. The SMILES string of the molecule is C[C@H](C(=O)NCCN1CCOCC1)N(Cc1ccc(Cl)cc1)C(=O)CN(Cc1ccccc1)S(C)(=O)=O. The molecule has 1 aliphatic rings. The second-order valence-electron chi connectivity index (χ2n) is 9.09. The first-order valence-corrected chi connectivity index (χ1v) is 14.5.